The van der Waals surface area contributed by atoms with E-state index < -0.39 is 0 Å². The van der Waals surface area contributed by atoms with Crippen LogP contribution in [0.4, 0.5) is 5.82 Å². The normalized spacial score (nSPS) is 16.5. The Morgan fingerprint density at radius 1 is 1.19 bits per heavy atom. The molecular weight excluding hydrogens is 340 g/mol. The SMILES string of the molecule is CN(C)c1cc(C(=O)N2CCC(Oc3ccccn3)C2)c2ccccc2n1. The van der Waals surface area contributed by atoms with E-state index in [2.05, 4.69) is 9.97 Å². The first-order valence-corrected chi connectivity index (χ1v) is 9.06. The molecule has 1 atom stereocenters. The van der Waals surface area contributed by atoms with Crippen molar-refractivity contribution in [2.45, 2.75) is 12.5 Å². The van der Waals surface area contributed by atoms with Crippen LogP contribution in [0.2, 0.25) is 0 Å². The van der Waals surface area contributed by atoms with Crippen LogP contribution >= 0.6 is 0 Å². The van der Waals surface area contributed by atoms with E-state index in [9.17, 15) is 4.79 Å². The van der Waals surface area contributed by atoms with Crippen LogP contribution in [-0.2, 0) is 0 Å². The Bertz CT molecular complexity index is 959. The average Bonchev–Trinajstić information content (AvgIpc) is 3.15. The number of nitrogens with zero attached hydrogens (tertiary/aromatic N) is 4. The number of likely N-dealkylation sites (tertiary alicyclic amines) is 1. The van der Waals surface area contributed by atoms with Crippen LogP contribution in [-0.4, -0.2) is 54.1 Å². The zero-order valence-electron chi connectivity index (χ0n) is 15.5. The Labute approximate surface area is 158 Å². The highest BCUT2D eigenvalue weighted by molar-refractivity contribution is 6.07. The minimum absolute atomic E-state index is 0.0174. The van der Waals surface area contributed by atoms with Gasteiger partial charge in [-0.15, -0.1) is 0 Å². The molecule has 27 heavy (non-hydrogen) atoms. The molecule has 0 spiro atoms. The summed E-state index contributed by atoms with van der Waals surface area (Å²) in [6.45, 7) is 1.23. The molecule has 2 aromatic heterocycles. The molecule has 138 valence electrons. The highest BCUT2D eigenvalue weighted by Crippen LogP contribution is 2.25. The number of carbonyl (C=O) groups excluding carboxylic acids is 1. The molecule has 6 heteroatoms. The van der Waals surface area contributed by atoms with Crippen LogP contribution in [0.3, 0.4) is 0 Å². The quantitative estimate of drug-likeness (QED) is 0.714. The third kappa shape index (κ3) is 3.56. The van der Waals surface area contributed by atoms with E-state index in [0.29, 0.717) is 24.5 Å². The molecule has 0 saturated carbocycles. The molecule has 0 bridgehead atoms. The number of amides is 1. The van der Waals surface area contributed by atoms with Gasteiger partial charge in [0.2, 0.25) is 5.88 Å². The van der Waals surface area contributed by atoms with Gasteiger partial charge in [-0.3, -0.25) is 4.79 Å². The fourth-order valence-electron chi connectivity index (χ4n) is 3.33. The Morgan fingerprint density at radius 3 is 2.78 bits per heavy atom. The first-order valence-electron chi connectivity index (χ1n) is 9.06. The van der Waals surface area contributed by atoms with Crippen molar-refractivity contribution in [2.24, 2.45) is 0 Å². The lowest BCUT2D eigenvalue weighted by molar-refractivity contribution is 0.0773. The van der Waals surface area contributed by atoms with Crippen molar-refractivity contribution in [3.8, 4) is 5.88 Å². The topological polar surface area (TPSA) is 58.6 Å². The van der Waals surface area contributed by atoms with E-state index >= 15 is 0 Å². The van der Waals surface area contributed by atoms with Gasteiger partial charge in [-0.05, 0) is 18.2 Å². The summed E-state index contributed by atoms with van der Waals surface area (Å²) in [5, 5.41) is 0.877. The number of pyridine rings is 2. The van der Waals surface area contributed by atoms with Gasteiger partial charge in [0.1, 0.15) is 11.9 Å². The molecule has 1 aromatic carbocycles. The summed E-state index contributed by atoms with van der Waals surface area (Å²) in [4.78, 5) is 25.9. The van der Waals surface area contributed by atoms with Crippen molar-refractivity contribution >= 4 is 22.6 Å². The molecule has 3 heterocycles. The lowest BCUT2D eigenvalue weighted by Gasteiger charge is -2.20. The van der Waals surface area contributed by atoms with Gasteiger partial charge in [0.05, 0.1) is 17.6 Å². The van der Waals surface area contributed by atoms with E-state index in [-0.39, 0.29) is 12.0 Å². The monoisotopic (exact) mass is 362 g/mol. The van der Waals surface area contributed by atoms with Gasteiger partial charge in [-0.25, -0.2) is 9.97 Å². The van der Waals surface area contributed by atoms with Crippen molar-refractivity contribution in [2.75, 3.05) is 32.1 Å². The van der Waals surface area contributed by atoms with E-state index in [4.69, 9.17) is 4.74 Å². The number of carbonyl (C=O) groups is 1. The number of hydrogen-bond donors (Lipinski definition) is 0. The molecular formula is C21H22N4O2. The number of aromatic nitrogens is 2. The summed E-state index contributed by atoms with van der Waals surface area (Å²) < 4.78 is 5.92. The number of anilines is 1. The minimum atomic E-state index is -0.0368. The smallest absolute Gasteiger partial charge is 0.254 e. The Morgan fingerprint density at radius 2 is 2.00 bits per heavy atom. The lowest BCUT2D eigenvalue weighted by atomic mass is 10.1. The summed E-state index contributed by atoms with van der Waals surface area (Å²) in [6.07, 6.45) is 2.47. The number of rotatable bonds is 4. The van der Waals surface area contributed by atoms with Crippen molar-refractivity contribution < 1.29 is 9.53 Å². The Hall–Kier alpha value is -3.15. The van der Waals surface area contributed by atoms with E-state index in [1.165, 1.54) is 0 Å². The third-order valence-electron chi connectivity index (χ3n) is 4.75. The number of para-hydroxylation sites is 1. The van der Waals surface area contributed by atoms with Crippen LogP contribution in [0, 0.1) is 0 Å². The zero-order valence-corrected chi connectivity index (χ0v) is 15.5. The third-order valence-corrected chi connectivity index (χ3v) is 4.75. The lowest BCUT2D eigenvalue weighted by Crippen LogP contribution is -2.31. The fraction of sp³-hybridized carbons (Fsp3) is 0.286. The van der Waals surface area contributed by atoms with Crippen molar-refractivity contribution in [3.05, 3.63) is 60.3 Å². The van der Waals surface area contributed by atoms with Gasteiger partial charge in [-0.2, -0.15) is 0 Å². The molecule has 1 aliphatic rings. The van der Waals surface area contributed by atoms with Gasteiger partial charge >= 0.3 is 0 Å². The van der Waals surface area contributed by atoms with Crippen molar-refractivity contribution in [1.82, 2.24) is 14.9 Å². The number of fused-ring (bicyclic) bond motifs is 1. The predicted octanol–water partition coefficient (Wildman–Crippen LogP) is 2.99. The predicted molar refractivity (Wildman–Crippen MR) is 105 cm³/mol. The molecule has 1 unspecified atom stereocenters. The summed E-state index contributed by atoms with van der Waals surface area (Å²) in [6, 6.07) is 15.2. The fourth-order valence-corrected chi connectivity index (χ4v) is 3.33. The van der Waals surface area contributed by atoms with Gasteiger partial charge in [-0.1, -0.05) is 24.3 Å². The molecule has 6 nitrogen and oxygen atoms in total. The molecule has 3 aromatic rings. The molecule has 1 saturated heterocycles. The maximum Gasteiger partial charge on any atom is 0.254 e. The molecule has 1 amide bonds. The number of hydrogen-bond acceptors (Lipinski definition) is 5. The summed E-state index contributed by atoms with van der Waals surface area (Å²) in [5.41, 5.74) is 1.51. The minimum Gasteiger partial charge on any atom is -0.472 e. The highest BCUT2D eigenvalue weighted by Gasteiger charge is 2.29. The second-order valence-electron chi connectivity index (χ2n) is 6.89. The van der Waals surface area contributed by atoms with Gasteiger partial charge < -0.3 is 14.5 Å². The maximum atomic E-state index is 13.2. The number of benzene rings is 1. The first kappa shape index (κ1) is 17.3. The van der Waals surface area contributed by atoms with E-state index in [1.807, 2.05) is 72.4 Å². The Balaban J connectivity index is 1.58. The Kier molecular flexibility index (Phi) is 4.62. The van der Waals surface area contributed by atoms with Crippen molar-refractivity contribution in [1.29, 1.82) is 0 Å². The van der Waals surface area contributed by atoms with Gasteiger partial charge in [0.25, 0.3) is 5.91 Å². The van der Waals surface area contributed by atoms with Gasteiger partial charge in [0, 0.05) is 44.7 Å². The zero-order chi connectivity index (χ0) is 18.8. The molecule has 0 radical (unpaired) electrons. The van der Waals surface area contributed by atoms with E-state index in [0.717, 1.165) is 23.1 Å². The molecule has 0 aliphatic carbocycles. The van der Waals surface area contributed by atoms with Crippen LogP contribution < -0.4 is 9.64 Å². The van der Waals surface area contributed by atoms with Crippen LogP contribution in [0.15, 0.2) is 54.7 Å². The van der Waals surface area contributed by atoms with Crippen molar-refractivity contribution in [3.63, 3.8) is 0 Å². The molecule has 1 aliphatic heterocycles. The van der Waals surface area contributed by atoms with E-state index in [1.54, 1.807) is 6.20 Å². The van der Waals surface area contributed by atoms with Crippen LogP contribution in [0.25, 0.3) is 10.9 Å². The summed E-state index contributed by atoms with van der Waals surface area (Å²) in [7, 11) is 3.86. The summed E-state index contributed by atoms with van der Waals surface area (Å²) >= 11 is 0. The second kappa shape index (κ2) is 7.23. The standard InChI is InChI=1S/C21H22N4O2/c1-24(2)19-13-17(16-7-3-4-8-18(16)23-19)21(26)25-12-10-15(14-25)27-20-9-5-6-11-22-20/h3-9,11,13,15H,10,12,14H2,1-2H3. The van der Waals surface area contributed by atoms with Crippen LogP contribution in [0.5, 0.6) is 5.88 Å². The van der Waals surface area contributed by atoms with Crippen LogP contribution in [0.1, 0.15) is 16.8 Å². The first-order chi connectivity index (χ1) is 13.1. The highest BCUT2D eigenvalue weighted by atomic mass is 16.5. The van der Waals surface area contributed by atoms with Gasteiger partial charge in [0.15, 0.2) is 0 Å². The maximum absolute atomic E-state index is 13.2. The molecule has 0 N–H and O–H groups in total. The molecule has 1 fully saturated rings. The summed E-state index contributed by atoms with van der Waals surface area (Å²) in [5.74, 6) is 1.39. The second-order valence-corrected chi connectivity index (χ2v) is 6.89. The largest absolute Gasteiger partial charge is 0.472 e. The average molecular weight is 362 g/mol. The molecule has 4 rings (SSSR count). The number of ether oxygens (including phenoxy) is 1.